The number of benzene rings is 1. The second-order valence-electron chi connectivity index (χ2n) is 6.30. The van der Waals surface area contributed by atoms with Gasteiger partial charge < -0.3 is 15.9 Å². The minimum atomic E-state index is -5.08. The van der Waals surface area contributed by atoms with Gasteiger partial charge in [0, 0.05) is 11.6 Å². The van der Waals surface area contributed by atoms with Crippen molar-refractivity contribution < 1.29 is 41.4 Å². The molecule has 0 heterocycles. The second-order valence-corrected chi connectivity index (χ2v) is 6.30. The van der Waals surface area contributed by atoms with E-state index in [1.807, 2.05) is 0 Å². The summed E-state index contributed by atoms with van der Waals surface area (Å²) in [5.74, 6) is -7.90. The summed E-state index contributed by atoms with van der Waals surface area (Å²) >= 11 is 0. The number of aliphatic carboxylic acids is 1. The molecule has 10 heteroatoms. The van der Waals surface area contributed by atoms with Crippen LogP contribution in [0.15, 0.2) is 18.2 Å². The van der Waals surface area contributed by atoms with E-state index in [1.54, 1.807) is 0 Å². The van der Waals surface area contributed by atoms with Crippen LogP contribution in [0.3, 0.4) is 0 Å². The lowest BCUT2D eigenvalue weighted by Gasteiger charge is -2.33. The Morgan fingerprint density at radius 1 is 1.23 bits per heavy atom. The monoisotopic (exact) mass is 387 g/mol. The molecule has 0 saturated heterocycles. The van der Waals surface area contributed by atoms with Crippen LogP contribution in [0.5, 0.6) is 0 Å². The molecule has 1 saturated carbocycles. The Bertz CT molecular complexity index is 654. The zero-order valence-electron chi connectivity index (χ0n) is 13.9. The van der Waals surface area contributed by atoms with Crippen LogP contribution in [-0.4, -0.2) is 28.0 Å². The van der Waals surface area contributed by atoms with Gasteiger partial charge >= 0.3 is 18.1 Å². The fraction of sp³-hybridized carbons (Fsp3) is 0.562. The summed E-state index contributed by atoms with van der Waals surface area (Å²) in [6.07, 6.45) is -4.01. The van der Waals surface area contributed by atoms with Crippen LogP contribution < -0.4 is 5.73 Å². The second kappa shape index (κ2) is 7.43. The molecule has 0 radical (unpaired) electrons. The third kappa shape index (κ3) is 4.67. The zero-order valence-corrected chi connectivity index (χ0v) is 13.9. The molecule has 2 atom stereocenters. The van der Waals surface area contributed by atoms with Gasteiger partial charge in [-0.15, -0.1) is 0 Å². The van der Waals surface area contributed by atoms with Gasteiger partial charge in [-0.05, 0) is 38.7 Å². The van der Waals surface area contributed by atoms with Crippen molar-refractivity contribution in [2.45, 2.75) is 50.4 Å². The van der Waals surface area contributed by atoms with Gasteiger partial charge in [0.15, 0.2) is 0 Å². The Hall–Kier alpha value is -1.81. The first kappa shape index (κ1) is 22.2. The van der Waals surface area contributed by atoms with E-state index in [-0.39, 0.29) is 5.56 Å². The molecule has 1 aliphatic carbocycles. The molecule has 1 fully saturated rings. The number of hydrogen-bond acceptors (Lipinski definition) is 3. The number of rotatable bonds is 4. The summed E-state index contributed by atoms with van der Waals surface area (Å²) in [6.45, 7) is 2.60. The summed E-state index contributed by atoms with van der Waals surface area (Å²) in [7, 11) is 0. The molecule has 1 aromatic carbocycles. The van der Waals surface area contributed by atoms with Crippen molar-refractivity contribution in [2.24, 2.45) is 11.7 Å². The number of aliphatic hydroxyl groups is 1. The Morgan fingerprint density at radius 3 is 2.04 bits per heavy atom. The van der Waals surface area contributed by atoms with Crippen molar-refractivity contribution in [1.29, 1.82) is 0 Å². The third-order valence-corrected chi connectivity index (χ3v) is 4.11. The first-order valence-electron chi connectivity index (χ1n) is 7.58. The zero-order chi connectivity index (χ0) is 20.5. The molecule has 0 aliphatic heterocycles. The smallest absolute Gasteiger partial charge is 0.475 e. The molecule has 4 N–H and O–H groups in total. The van der Waals surface area contributed by atoms with Gasteiger partial charge in [0.25, 0.3) is 0 Å². The van der Waals surface area contributed by atoms with Gasteiger partial charge in [0.1, 0.15) is 11.4 Å². The van der Waals surface area contributed by atoms with Gasteiger partial charge in [-0.3, -0.25) is 0 Å². The predicted molar refractivity (Wildman–Crippen MR) is 79.9 cm³/mol. The average Bonchev–Trinajstić information content (AvgIpc) is 3.31. The highest BCUT2D eigenvalue weighted by molar-refractivity contribution is 5.73. The molecular weight excluding hydrogens is 368 g/mol. The molecule has 0 spiro atoms. The highest BCUT2D eigenvalue weighted by Gasteiger charge is 2.59. The van der Waals surface area contributed by atoms with E-state index in [2.05, 4.69) is 0 Å². The minimum absolute atomic E-state index is 0.0313. The molecule has 2 rings (SSSR count). The predicted octanol–water partition coefficient (Wildman–Crippen LogP) is 3.73. The Kier molecular flexibility index (Phi) is 6.36. The molecule has 0 bridgehead atoms. The van der Waals surface area contributed by atoms with Gasteiger partial charge in [-0.2, -0.15) is 22.0 Å². The highest BCUT2D eigenvalue weighted by Crippen LogP contribution is 2.52. The number of carbonyl (C=O) groups is 1. The molecule has 4 nitrogen and oxygen atoms in total. The van der Waals surface area contributed by atoms with Gasteiger partial charge in [-0.25, -0.2) is 9.18 Å². The summed E-state index contributed by atoms with van der Waals surface area (Å²) in [4.78, 5) is 8.90. The lowest BCUT2D eigenvalue weighted by Crippen LogP contribution is -2.45. The van der Waals surface area contributed by atoms with Crippen molar-refractivity contribution in [3.05, 3.63) is 35.1 Å². The first-order chi connectivity index (χ1) is 11.6. The quantitative estimate of drug-likeness (QED) is 0.688. The summed E-state index contributed by atoms with van der Waals surface area (Å²) < 4.78 is 74.7. The van der Waals surface area contributed by atoms with Crippen LogP contribution in [0, 0.1) is 11.7 Å². The van der Waals surface area contributed by atoms with Crippen molar-refractivity contribution in [3.63, 3.8) is 0 Å². The Labute approximate surface area is 145 Å². The number of hydrogen-bond donors (Lipinski definition) is 3. The summed E-state index contributed by atoms with van der Waals surface area (Å²) in [5.41, 5.74) is 2.58. The van der Waals surface area contributed by atoms with E-state index in [0.717, 1.165) is 13.0 Å². The normalized spacial score (nSPS) is 18.4. The molecule has 0 amide bonds. The molecule has 0 unspecified atom stereocenters. The average molecular weight is 387 g/mol. The third-order valence-electron chi connectivity index (χ3n) is 4.11. The van der Waals surface area contributed by atoms with Crippen LogP contribution in [0.4, 0.5) is 26.3 Å². The Morgan fingerprint density at radius 2 is 1.69 bits per heavy atom. The van der Waals surface area contributed by atoms with Crippen molar-refractivity contribution in [2.75, 3.05) is 0 Å². The van der Waals surface area contributed by atoms with Gasteiger partial charge in [-0.1, -0.05) is 12.1 Å². The number of halogens is 6. The van der Waals surface area contributed by atoms with Crippen LogP contribution in [0.2, 0.25) is 0 Å². The summed E-state index contributed by atoms with van der Waals surface area (Å²) in [6, 6.07) is 3.05. The largest absolute Gasteiger partial charge is 0.490 e. The maximum absolute atomic E-state index is 14.4. The minimum Gasteiger partial charge on any atom is -0.475 e. The van der Waals surface area contributed by atoms with Crippen molar-refractivity contribution in [3.8, 4) is 0 Å². The molecule has 1 aromatic rings. The molecule has 0 aromatic heterocycles. The summed E-state index contributed by atoms with van der Waals surface area (Å²) in [5, 5.41) is 17.2. The molecule has 1 aliphatic rings. The number of carboxylic acid groups (broad SMARTS) is 1. The Balaban J connectivity index is 0.000000412. The number of carboxylic acids is 1. The lowest BCUT2D eigenvalue weighted by atomic mass is 9.86. The standard InChI is InChI=1S/C14H18F3NO.C2HF3O2/c1-8(18)10-4-3-5-11(12(10)15)14(16,17)13(2,19)9-6-7-9;3-2(4,5)1(6)7/h3-5,8-9,19H,6-7,18H2,1-2H3;(H,6,7)/t8-,13-;/m1./s1. The van der Waals surface area contributed by atoms with E-state index in [0.29, 0.717) is 12.8 Å². The fourth-order valence-electron chi connectivity index (χ4n) is 2.32. The van der Waals surface area contributed by atoms with E-state index < -0.39 is 47.0 Å². The number of alkyl halides is 5. The molecule has 148 valence electrons. The fourth-order valence-corrected chi connectivity index (χ4v) is 2.32. The highest BCUT2D eigenvalue weighted by atomic mass is 19.4. The lowest BCUT2D eigenvalue weighted by molar-refractivity contribution is -0.192. The SMILES string of the molecule is C[C@@H](N)c1cccc(C(F)(F)[C@](C)(O)C2CC2)c1F.O=C(O)C(F)(F)F. The molecular formula is C16H19F6NO3. The van der Waals surface area contributed by atoms with Crippen LogP contribution >= 0.6 is 0 Å². The topological polar surface area (TPSA) is 83.5 Å². The van der Waals surface area contributed by atoms with E-state index in [4.69, 9.17) is 15.6 Å². The van der Waals surface area contributed by atoms with Crippen molar-refractivity contribution in [1.82, 2.24) is 0 Å². The molecule has 26 heavy (non-hydrogen) atoms. The van der Waals surface area contributed by atoms with E-state index in [1.165, 1.54) is 19.1 Å². The van der Waals surface area contributed by atoms with Crippen LogP contribution in [-0.2, 0) is 10.7 Å². The number of nitrogens with two attached hydrogens (primary N) is 1. The van der Waals surface area contributed by atoms with Gasteiger partial charge in [0.2, 0.25) is 0 Å². The van der Waals surface area contributed by atoms with E-state index in [9.17, 15) is 31.4 Å². The first-order valence-corrected chi connectivity index (χ1v) is 7.58. The maximum Gasteiger partial charge on any atom is 0.490 e. The van der Waals surface area contributed by atoms with Gasteiger partial charge in [0.05, 0.1) is 5.56 Å². The van der Waals surface area contributed by atoms with E-state index >= 15 is 0 Å². The maximum atomic E-state index is 14.4. The van der Waals surface area contributed by atoms with Crippen LogP contribution in [0.25, 0.3) is 0 Å². The van der Waals surface area contributed by atoms with Crippen LogP contribution in [0.1, 0.15) is 43.9 Å². The van der Waals surface area contributed by atoms with Crippen molar-refractivity contribution >= 4 is 5.97 Å².